The van der Waals surface area contributed by atoms with Gasteiger partial charge in [-0.15, -0.1) is 0 Å². The van der Waals surface area contributed by atoms with Crippen LogP contribution in [0.25, 0.3) is 0 Å². The number of hydrogen-bond acceptors (Lipinski definition) is 5. The molecule has 1 aromatic carbocycles. The molecule has 7 heteroatoms. The molecule has 2 amide bonds. The Morgan fingerprint density at radius 1 is 1.21 bits per heavy atom. The summed E-state index contributed by atoms with van der Waals surface area (Å²) in [6.07, 6.45) is 1.75. The van der Waals surface area contributed by atoms with Crippen LogP contribution < -0.4 is 4.74 Å². The number of carbonyl (C=O) groups is 3. The number of esters is 1. The third-order valence-electron chi connectivity index (χ3n) is 5.42. The predicted molar refractivity (Wildman–Crippen MR) is 102 cm³/mol. The van der Waals surface area contributed by atoms with Gasteiger partial charge in [0.1, 0.15) is 5.75 Å². The monoisotopic (exact) mass is 388 g/mol. The minimum atomic E-state index is -0.348. The first-order valence-corrected chi connectivity index (χ1v) is 9.88. The Bertz CT molecular complexity index is 735. The summed E-state index contributed by atoms with van der Waals surface area (Å²) in [6, 6.07) is 7.59. The molecule has 2 fully saturated rings. The van der Waals surface area contributed by atoms with Crippen LogP contribution in [0.1, 0.15) is 31.7 Å². The summed E-state index contributed by atoms with van der Waals surface area (Å²) in [4.78, 5) is 40.9. The van der Waals surface area contributed by atoms with E-state index in [1.807, 2.05) is 24.3 Å². The van der Waals surface area contributed by atoms with Crippen LogP contribution in [0.4, 0.5) is 0 Å². The van der Waals surface area contributed by atoms with E-state index >= 15 is 0 Å². The fourth-order valence-electron chi connectivity index (χ4n) is 3.97. The van der Waals surface area contributed by atoms with Crippen LogP contribution in [0.15, 0.2) is 24.3 Å². The molecular formula is C21H28N2O5. The number of hydrogen-bond donors (Lipinski definition) is 0. The van der Waals surface area contributed by atoms with E-state index in [4.69, 9.17) is 9.47 Å². The van der Waals surface area contributed by atoms with Gasteiger partial charge in [-0.05, 0) is 37.5 Å². The molecule has 2 saturated heterocycles. The van der Waals surface area contributed by atoms with Gasteiger partial charge in [0, 0.05) is 32.6 Å². The molecule has 2 aliphatic rings. The van der Waals surface area contributed by atoms with Gasteiger partial charge >= 0.3 is 5.97 Å². The predicted octanol–water partition coefficient (Wildman–Crippen LogP) is 1.85. The van der Waals surface area contributed by atoms with Gasteiger partial charge in [-0.2, -0.15) is 0 Å². The normalized spacial score (nSPS) is 22.3. The number of nitrogens with zero attached hydrogens (tertiary/aromatic N) is 2. The number of carbonyl (C=O) groups excluding carboxylic acids is 3. The molecule has 7 nitrogen and oxygen atoms in total. The average Bonchev–Trinajstić information content (AvgIpc) is 3.08. The number of likely N-dealkylation sites (tertiary alicyclic amines) is 2. The zero-order chi connectivity index (χ0) is 20.1. The Morgan fingerprint density at radius 2 is 2.04 bits per heavy atom. The van der Waals surface area contributed by atoms with Crippen molar-refractivity contribution in [1.82, 2.24) is 9.80 Å². The van der Waals surface area contributed by atoms with Crippen molar-refractivity contribution in [2.24, 2.45) is 11.8 Å². The van der Waals surface area contributed by atoms with Crippen molar-refractivity contribution in [1.29, 1.82) is 0 Å². The topological polar surface area (TPSA) is 76.2 Å². The van der Waals surface area contributed by atoms with Crippen molar-refractivity contribution in [3.8, 4) is 5.75 Å². The molecule has 2 heterocycles. The summed E-state index contributed by atoms with van der Waals surface area (Å²) < 4.78 is 10.3. The minimum Gasteiger partial charge on any atom is -0.497 e. The molecule has 0 aliphatic carbocycles. The van der Waals surface area contributed by atoms with Crippen LogP contribution in [0, 0.1) is 11.8 Å². The molecule has 0 radical (unpaired) electrons. The van der Waals surface area contributed by atoms with Gasteiger partial charge in [0.15, 0.2) is 0 Å². The lowest BCUT2D eigenvalue weighted by molar-refractivity contribution is -0.152. The molecular weight excluding hydrogens is 360 g/mol. The zero-order valence-corrected chi connectivity index (χ0v) is 16.6. The summed E-state index contributed by atoms with van der Waals surface area (Å²) in [5, 5.41) is 0. The average molecular weight is 388 g/mol. The van der Waals surface area contributed by atoms with E-state index in [1.165, 1.54) is 0 Å². The lowest BCUT2D eigenvalue weighted by Crippen LogP contribution is -2.45. The highest BCUT2D eigenvalue weighted by molar-refractivity contribution is 5.89. The van der Waals surface area contributed by atoms with Crippen LogP contribution in [-0.4, -0.2) is 60.9 Å². The first-order chi connectivity index (χ1) is 13.5. The third kappa shape index (κ3) is 4.64. The van der Waals surface area contributed by atoms with E-state index < -0.39 is 0 Å². The van der Waals surface area contributed by atoms with Crippen molar-refractivity contribution >= 4 is 17.8 Å². The molecule has 1 aromatic rings. The van der Waals surface area contributed by atoms with E-state index in [2.05, 4.69) is 0 Å². The molecule has 28 heavy (non-hydrogen) atoms. The van der Waals surface area contributed by atoms with E-state index in [0.29, 0.717) is 32.8 Å². The van der Waals surface area contributed by atoms with E-state index in [0.717, 1.165) is 24.2 Å². The second kappa shape index (κ2) is 9.08. The molecule has 0 unspecified atom stereocenters. The molecule has 2 aliphatic heterocycles. The maximum atomic E-state index is 12.9. The summed E-state index contributed by atoms with van der Waals surface area (Å²) in [7, 11) is 1.61. The van der Waals surface area contributed by atoms with Crippen molar-refractivity contribution in [3.63, 3.8) is 0 Å². The number of amides is 2. The quantitative estimate of drug-likeness (QED) is 0.695. The van der Waals surface area contributed by atoms with Gasteiger partial charge in [-0.25, -0.2) is 0 Å². The third-order valence-corrected chi connectivity index (χ3v) is 5.42. The second-order valence-electron chi connectivity index (χ2n) is 7.40. The lowest BCUT2D eigenvalue weighted by Gasteiger charge is -2.33. The smallest absolute Gasteiger partial charge is 0.310 e. The first-order valence-electron chi connectivity index (χ1n) is 9.88. The molecule has 2 atom stereocenters. The van der Waals surface area contributed by atoms with Gasteiger partial charge in [-0.3, -0.25) is 14.4 Å². The van der Waals surface area contributed by atoms with Crippen molar-refractivity contribution in [3.05, 3.63) is 29.8 Å². The van der Waals surface area contributed by atoms with Crippen LogP contribution in [0.5, 0.6) is 5.75 Å². The maximum Gasteiger partial charge on any atom is 0.310 e. The van der Waals surface area contributed by atoms with Crippen LogP contribution in [-0.2, 0) is 25.7 Å². The van der Waals surface area contributed by atoms with E-state index in [9.17, 15) is 14.4 Å². The van der Waals surface area contributed by atoms with E-state index in [-0.39, 0.29) is 36.0 Å². The number of benzene rings is 1. The lowest BCUT2D eigenvalue weighted by atomic mass is 9.96. The fourth-order valence-corrected chi connectivity index (χ4v) is 3.97. The first kappa shape index (κ1) is 20.2. The maximum absolute atomic E-state index is 12.9. The Hall–Kier alpha value is -2.57. The molecule has 0 spiro atoms. The Balaban J connectivity index is 1.59. The van der Waals surface area contributed by atoms with Gasteiger partial charge in [-0.1, -0.05) is 12.1 Å². The standard InChI is InChI=1S/C21H28N2O5/c1-3-28-21(26)16-7-5-9-22(13-16)20(25)17-11-19(24)23(14-17)12-15-6-4-8-18(10-15)27-2/h4,6,8,10,16-17H,3,5,7,9,11-14H2,1-2H3/t16-,17-/m0/s1. The second-order valence-corrected chi connectivity index (χ2v) is 7.40. The molecule has 0 bridgehead atoms. The van der Waals surface area contributed by atoms with Crippen molar-refractivity contribution in [2.75, 3.05) is 33.4 Å². The molecule has 0 saturated carbocycles. The van der Waals surface area contributed by atoms with Crippen LogP contribution in [0.2, 0.25) is 0 Å². The number of ether oxygens (including phenoxy) is 2. The van der Waals surface area contributed by atoms with Gasteiger partial charge in [0.2, 0.25) is 11.8 Å². The number of rotatable bonds is 6. The zero-order valence-electron chi connectivity index (χ0n) is 16.6. The minimum absolute atomic E-state index is 0.0138. The molecule has 152 valence electrons. The van der Waals surface area contributed by atoms with Crippen LogP contribution >= 0.6 is 0 Å². The highest BCUT2D eigenvalue weighted by Crippen LogP contribution is 2.26. The van der Waals surface area contributed by atoms with Crippen LogP contribution in [0.3, 0.4) is 0 Å². The van der Waals surface area contributed by atoms with Crippen molar-refractivity contribution < 1.29 is 23.9 Å². The summed E-state index contributed by atoms with van der Waals surface area (Å²) in [5.41, 5.74) is 0.973. The molecule has 0 N–H and O–H groups in total. The highest BCUT2D eigenvalue weighted by Gasteiger charge is 2.38. The number of piperidine rings is 1. The number of methoxy groups -OCH3 is 1. The van der Waals surface area contributed by atoms with Gasteiger partial charge in [0.25, 0.3) is 0 Å². The fraction of sp³-hybridized carbons (Fsp3) is 0.571. The summed E-state index contributed by atoms with van der Waals surface area (Å²) in [5.74, 6) is -0.144. The van der Waals surface area contributed by atoms with Crippen molar-refractivity contribution in [2.45, 2.75) is 32.7 Å². The van der Waals surface area contributed by atoms with E-state index in [1.54, 1.807) is 23.8 Å². The Labute approximate surface area is 165 Å². The SMILES string of the molecule is CCOC(=O)[C@H]1CCCN(C(=O)[C@H]2CC(=O)N(Cc3cccc(OC)c3)C2)C1. The Kier molecular flexibility index (Phi) is 6.54. The highest BCUT2D eigenvalue weighted by atomic mass is 16.5. The molecule has 3 rings (SSSR count). The summed E-state index contributed by atoms with van der Waals surface area (Å²) >= 11 is 0. The molecule has 0 aromatic heterocycles. The Morgan fingerprint density at radius 3 is 2.79 bits per heavy atom. The van der Waals surface area contributed by atoms with Gasteiger partial charge in [0.05, 0.1) is 25.6 Å². The largest absolute Gasteiger partial charge is 0.497 e. The summed E-state index contributed by atoms with van der Waals surface area (Å²) in [6.45, 7) is 4.03. The van der Waals surface area contributed by atoms with Gasteiger partial charge < -0.3 is 19.3 Å².